The van der Waals surface area contributed by atoms with Gasteiger partial charge in [0.1, 0.15) is 0 Å². The molecule has 0 aromatic rings. The second-order valence-corrected chi connectivity index (χ2v) is 5.48. The monoisotopic (exact) mass is 228 g/mol. The van der Waals surface area contributed by atoms with Crippen LogP contribution in [0.5, 0.6) is 0 Å². The Labute approximate surface area is 95.8 Å². The average Bonchev–Trinajstić information content (AvgIpc) is 1.97. The molecule has 1 aliphatic rings. The second kappa shape index (κ2) is 4.72. The Kier molecular flexibility index (Phi) is 3.78. The van der Waals surface area contributed by atoms with Gasteiger partial charge >= 0.3 is 12.0 Å². The van der Waals surface area contributed by atoms with E-state index in [9.17, 15) is 9.59 Å². The lowest BCUT2D eigenvalue weighted by Gasteiger charge is -2.36. The van der Waals surface area contributed by atoms with E-state index in [1.165, 1.54) is 4.90 Å². The number of carboxylic acid groups (broad SMARTS) is 1. The Morgan fingerprint density at radius 1 is 1.38 bits per heavy atom. The largest absolute Gasteiger partial charge is 0.481 e. The van der Waals surface area contributed by atoms with Crippen LogP contribution in [0, 0.1) is 11.3 Å². The summed E-state index contributed by atoms with van der Waals surface area (Å²) < 4.78 is 0. The predicted molar refractivity (Wildman–Crippen MR) is 60.2 cm³/mol. The molecule has 0 spiro atoms. The highest BCUT2D eigenvalue weighted by Crippen LogP contribution is 2.18. The molecule has 2 N–H and O–H groups in total. The summed E-state index contributed by atoms with van der Waals surface area (Å²) >= 11 is 0. The third-order valence-electron chi connectivity index (χ3n) is 2.67. The molecule has 0 radical (unpaired) electrons. The summed E-state index contributed by atoms with van der Waals surface area (Å²) in [6.07, 6.45) is 0.912. The third-order valence-corrected chi connectivity index (χ3v) is 2.67. The maximum absolute atomic E-state index is 11.5. The molecule has 1 rings (SSSR count). The summed E-state index contributed by atoms with van der Waals surface area (Å²) in [5.74, 6) is -1.20. The van der Waals surface area contributed by atoms with Crippen molar-refractivity contribution in [2.45, 2.75) is 27.2 Å². The quantitative estimate of drug-likeness (QED) is 0.761. The second-order valence-electron chi connectivity index (χ2n) is 5.48. The fourth-order valence-corrected chi connectivity index (χ4v) is 1.46. The molecular weight excluding hydrogens is 208 g/mol. The number of urea groups is 1. The lowest BCUT2D eigenvalue weighted by molar-refractivity contribution is -0.146. The van der Waals surface area contributed by atoms with E-state index in [1.54, 1.807) is 0 Å². The fourth-order valence-electron chi connectivity index (χ4n) is 1.46. The van der Waals surface area contributed by atoms with Crippen molar-refractivity contribution in [3.8, 4) is 0 Å². The maximum Gasteiger partial charge on any atom is 0.317 e. The lowest BCUT2D eigenvalue weighted by Crippen LogP contribution is -2.56. The van der Waals surface area contributed by atoms with Crippen LogP contribution >= 0.6 is 0 Å². The average molecular weight is 228 g/mol. The SMILES string of the molecule is CC(C)(C)CCNC(=O)N1CC(C(=O)O)C1. The molecule has 0 aromatic carbocycles. The molecule has 1 aliphatic heterocycles. The summed E-state index contributed by atoms with van der Waals surface area (Å²) in [6.45, 7) is 7.64. The zero-order valence-corrected chi connectivity index (χ0v) is 10.1. The Balaban J connectivity index is 2.16. The number of carbonyl (C=O) groups excluding carboxylic acids is 1. The van der Waals surface area contributed by atoms with Gasteiger partial charge in [-0.25, -0.2) is 4.79 Å². The van der Waals surface area contributed by atoms with Gasteiger partial charge in [-0.15, -0.1) is 0 Å². The van der Waals surface area contributed by atoms with E-state index in [1.807, 2.05) is 0 Å². The van der Waals surface area contributed by atoms with Crippen molar-refractivity contribution >= 4 is 12.0 Å². The van der Waals surface area contributed by atoms with Gasteiger partial charge in [-0.2, -0.15) is 0 Å². The highest BCUT2D eigenvalue weighted by atomic mass is 16.4. The molecule has 92 valence electrons. The van der Waals surface area contributed by atoms with E-state index in [0.29, 0.717) is 19.6 Å². The van der Waals surface area contributed by atoms with Gasteiger partial charge in [-0.3, -0.25) is 4.79 Å². The molecule has 1 heterocycles. The summed E-state index contributed by atoms with van der Waals surface area (Å²) in [4.78, 5) is 23.6. The highest BCUT2D eigenvalue weighted by molar-refractivity contribution is 5.79. The van der Waals surface area contributed by atoms with Gasteiger partial charge in [0.05, 0.1) is 5.92 Å². The van der Waals surface area contributed by atoms with Gasteiger partial charge in [-0.1, -0.05) is 20.8 Å². The van der Waals surface area contributed by atoms with Crippen molar-refractivity contribution in [3.05, 3.63) is 0 Å². The fraction of sp³-hybridized carbons (Fsp3) is 0.818. The van der Waals surface area contributed by atoms with Crippen LogP contribution in [0.15, 0.2) is 0 Å². The van der Waals surface area contributed by atoms with Crippen LogP contribution in [0.1, 0.15) is 27.2 Å². The summed E-state index contributed by atoms with van der Waals surface area (Å²) in [5.41, 5.74) is 0.200. The van der Waals surface area contributed by atoms with Crippen LogP contribution in [-0.4, -0.2) is 41.6 Å². The molecule has 16 heavy (non-hydrogen) atoms. The van der Waals surface area contributed by atoms with E-state index < -0.39 is 5.97 Å². The Hall–Kier alpha value is -1.26. The van der Waals surface area contributed by atoms with E-state index >= 15 is 0 Å². The van der Waals surface area contributed by atoms with Crippen molar-refractivity contribution in [2.24, 2.45) is 11.3 Å². The number of hydrogen-bond acceptors (Lipinski definition) is 2. The maximum atomic E-state index is 11.5. The van der Waals surface area contributed by atoms with Crippen LogP contribution < -0.4 is 5.32 Å². The number of carbonyl (C=O) groups is 2. The van der Waals surface area contributed by atoms with Crippen molar-refractivity contribution < 1.29 is 14.7 Å². The predicted octanol–water partition coefficient (Wildman–Crippen LogP) is 1.15. The van der Waals surface area contributed by atoms with E-state index in [4.69, 9.17) is 5.11 Å². The van der Waals surface area contributed by atoms with Crippen LogP contribution in [-0.2, 0) is 4.79 Å². The zero-order valence-electron chi connectivity index (χ0n) is 10.1. The molecule has 1 fully saturated rings. The van der Waals surface area contributed by atoms with Crippen molar-refractivity contribution in [2.75, 3.05) is 19.6 Å². The number of rotatable bonds is 3. The normalized spacial score (nSPS) is 16.8. The van der Waals surface area contributed by atoms with Gasteiger partial charge in [0.15, 0.2) is 0 Å². The smallest absolute Gasteiger partial charge is 0.317 e. The standard InChI is InChI=1S/C11H20N2O3/c1-11(2,3)4-5-12-10(16)13-6-8(7-13)9(14)15/h8H,4-7H2,1-3H3,(H,12,16)(H,14,15). The number of nitrogens with one attached hydrogen (secondary N) is 1. The molecule has 0 unspecified atom stereocenters. The number of likely N-dealkylation sites (tertiary alicyclic amines) is 1. The lowest BCUT2D eigenvalue weighted by atomic mass is 9.92. The van der Waals surface area contributed by atoms with E-state index in [0.717, 1.165) is 6.42 Å². The van der Waals surface area contributed by atoms with Crippen molar-refractivity contribution in [1.29, 1.82) is 0 Å². The van der Waals surface area contributed by atoms with Crippen LogP contribution in [0.3, 0.4) is 0 Å². The van der Waals surface area contributed by atoms with Crippen LogP contribution in [0.25, 0.3) is 0 Å². The van der Waals surface area contributed by atoms with Gasteiger partial charge in [0.2, 0.25) is 0 Å². The molecule has 5 heteroatoms. The summed E-state index contributed by atoms with van der Waals surface area (Å²) in [5, 5.41) is 11.5. The van der Waals surface area contributed by atoms with Gasteiger partial charge in [0, 0.05) is 19.6 Å². The number of nitrogens with zero attached hydrogens (tertiary/aromatic N) is 1. The zero-order chi connectivity index (χ0) is 12.3. The summed E-state index contributed by atoms with van der Waals surface area (Å²) in [7, 11) is 0. The highest BCUT2D eigenvalue weighted by Gasteiger charge is 2.35. The molecule has 5 nitrogen and oxygen atoms in total. The van der Waals surface area contributed by atoms with Gasteiger partial charge < -0.3 is 15.3 Å². The van der Waals surface area contributed by atoms with Crippen molar-refractivity contribution in [3.63, 3.8) is 0 Å². The molecule has 0 saturated carbocycles. The Morgan fingerprint density at radius 3 is 2.38 bits per heavy atom. The topological polar surface area (TPSA) is 69.6 Å². The van der Waals surface area contributed by atoms with Gasteiger partial charge in [-0.05, 0) is 11.8 Å². The van der Waals surface area contributed by atoms with E-state index in [2.05, 4.69) is 26.1 Å². The first-order valence-electron chi connectivity index (χ1n) is 5.55. The summed E-state index contributed by atoms with van der Waals surface area (Å²) in [6, 6.07) is -0.151. The number of amides is 2. The molecular formula is C11H20N2O3. The molecule has 0 aliphatic carbocycles. The molecule has 2 amide bonds. The van der Waals surface area contributed by atoms with Crippen molar-refractivity contribution in [1.82, 2.24) is 10.2 Å². The van der Waals surface area contributed by atoms with Crippen LogP contribution in [0.4, 0.5) is 4.79 Å². The minimum atomic E-state index is -0.821. The Bertz CT molecular complexity index is 277. The first-order valence-corrected chi connectivity index (χ1v) is 5.55. The third kappa shape index (κ3) is 3.72. The minimum Gasteiger partial charge on any atom is -0.481 e. The van der Waals surface area contributed by atoms with Crippen LogP contribution in [0.2, 0.25) is 0 Å². The molecule has 0 atom stereocenters. The molecule has 0 bridgehead atoms. The number of aliphatic carboxylic acids is 1. The first-order chi connectivity index (χ1) is 7.29. The number of hydrogen-bond donors (Lipinski definition) is 2. The van der Waals surface area contributed by atoms with Gasteiger partial charge in [0.25, 0.3) is 0 Å². The van der Waals surface area contributed by atoms with E-state index in [-0.39, 0.29) is 17.4 Å². The minimum absolute atomic E-state index is 0.151. The number of carboxylic acids is 1. The first kappa shape index (κ1) is 12.8. The molecule has 1 saturated heterocycles. The Morgan fingerprint density at radius 2 is 1.94 bits per heavy atom. The molecule has 0 aromatic heterocycles.